The predicted molar refractivity (Wildman–Crippen MR) is 111 cm³/mol. The number of carbonyl (C=O) groups is 1. The van der Waals surface area contributed by atoms with Gasteiger partial charge in [0.1, 0.15) is 0 Å². The van der Waals surface area contributed by atoms with Gasteiger partial charge in [0.25, 0.3) is 0 Å². The fourth-order valence-electron chi connectivity index (χ4n) is 3.35. The first-order valence-corrected chi connectivity index (χ1v) is 9.98. The number of nitrogens with one attached hydrogen (secondary N) is 2. The summed E-state index contributed by atoms with van der Waals surface area (Å²) in [6.45, 7) is 0. The van der Waals surface area contributed by atoms with Gasteiger partial charge in [0.05, 0.1) is 46.9 Å². The van der Waals surface area contributed by atoms with E-state index in [4.69, 9.17) is 23.2 Å². The van der Waals surface area contributed by atoms with Gasteiger partial charge in [0.2, 0.25) is 0 Å². The van der Waals surface area contributed by atoms with Gasteiger partial charge in [0.15, 0.2) is 16.6 Å². The second-order valence-electron chi connectivity index (χ2n) is 6.85. The largest absolute Gasteiger partial charge is 0.323 e. The van der Waals surface area contributed by atoms with E-state index in [1.165, 1.54) is 23.4 Å². The molecular formula is C18H15Cl2N9O. The van der Waals surface area contributed by atoms with Crippen molar-refractivity contribution in [2.75, 3.05) is 10.6 Å². The molecule has 10 nitrogen and oxygen atoms in total. The summed E-state index contributed by atoms with van der Waals surface area (Å²) in [5, 5.41) is 18.5. The minimum atomic E-state index is -0.446. The van der Waals surface area contributed by atoms with Crippen LogP contribution in [0.4, 0.5) is 16.2 Å². The van der Waals surface area contributed by atoms with E-state index in [9.17, 15) is 4.79 Å². The average molecular weight is 444 g/mol. The highest BCUT2D eigenvalue weighted by Crippen LogP contribution is 2.40. The molecule has 152 valence electrons. The van der Waals surface area contributed by atoms with Crippen LogP contribution >= 0.6 is 23.2 Å². The monoisotopic (exact) mass is 443 g/mol. The van der Waals surface area contributed by atoms with Crippen molar-refractivity contribution in [3.63, 3.8) is 0 Å². The fourth-order valence-corrected chi connectivity index (χ4v) is 3.77. The predicted octanol–water partition coefficient (Wildman–Crippen LogP) is 3.92. The lowest BCUT2D eigenvalue weighted by atomic mass is 9.82. The summed E-state index contributed by atoms with van der Waals surface area (Å²) >= 11 is 12.3. The molecule has 5 rings (SSSR count). The topological polar surface area (TPSA) is 115 Å². The third-order valence-electron chi connectivity index (χ3n) is 4.92. The van der Waals surface area contributed by atoms with Gasteiger partial charge in [-0.1, -0.05) is 29.6 Å². The first kappa shape index (κ1) is 18.8. The maximum atomic E-state index is 12.6. The Balaban J connectivity index is 1.38. The Morgan fingerprint density at radius 3 is 2.57 bits per heavy atom. The van der Waals surface area contributed by atoms with Gasteiger partial charge in [-0.25, -0.2) is 19.3 Å². The number of aromatic nitrogens is 7. The molecular weight excluding hydrogens is 429 g/mol. The van der Waals surface area contributed by atoms with Crippen LogP contribution in [0.3, 0.4) is 0 Å². The highest BCUT2D eigenvalue weighted by atomic mass is 35.5. The average Bonchev–Trinajstić information content (AvgIpc) is 3.31. The maximum Gasteiger partial charge on any atom is 0.323 e. The van der Waals surface area contributed by atoms with Crippen LogP contribution in [0, 0.1) is 0 Å². The normalized spacial score (nSPS) is 13.9. The van der Waals surface area contributed by atoms with Crippen LogP contribution in [0.25, 0.3) is 11.5 Å². The molecule has 0 bridgehead atoms. The van der Waals surface area contributed by atoms with Gasteiger partial charge in [0, 0.05) is 12.0 Å². The number of hydrogen-bond acceptors (Lipinski definition) is 6. The molecule has 2 amide bonds. The highest BCUT2D eigenvalue weighted by molar-refractivity contribution is 6.32. The molecule has 30 heavy (non-hydrogen) atoms. The van der Waals surface area contributed by atoms with E-state index in [1.807, 2.05) is 0 Å². The molecule has 0 aliphatic heterocycles. The van der Waals surface area contributed by atoms with Gasteiger partial charge < -0.3 is 10.6 Å². The lowest BCUT2D eigenvalue weighted by molar-refractivity contribution is 0.262. The summed E-state index contributed by atoms with van der Waals surface area (Å²) in [6.07, 6.45) is 9.33. The van der Waals surface area contributed by atoms with E-state index in [1.54, 1.807) is 22.8 Å². The van der Waals surface area contributed by atoms with Crippen molar-refractivity contribution in [3.05, 3.63) is 52.8 Å². The van der Waals surface area contributed by atoms with Gasteiger partial charge in [-0.2, -0.15) is 15.3 Å². The molecule has 4 aromatic rings. The van der Waals surface area contributed by atoms with E-state index in [-0.39, 0.29) is 0 Å². The van der Waals surface area contributed by atoms with Crippen LogP contribution in [-0.2, 0) is 0 Å². The lowest BCUT2D eigenvalue weighted by Crippen LogP contribution is -2.24. The number of rotatable bonds is 4. The molecule has 0 atom stereocenters. The van der Waals surface area contributed by atoms with Crippen LogP contribution in [0.1, 0.15) is 30.9 Å². The maximum absolute atomic E-state index is 12.6. The second kappa shape index (κ2) is 7.54. The van der Waals surface area contributed by atoms with Crippen molar-refractivity contribution in [3.8, 4) is 5.82 Å². The Morgan fingerprint density at radius 1 is 1.07 bits per heavy atom. The SMILES string of the molecule is O=C(Nc1cnc(-n2nccn2)c(Cl)c1)Nc1cnc2cc(Cl)nn2c1C1CCC1. The minimum absolute atomic E-state index is 0.290. The van der Waals surface area contributed by atoms with Crippen molar-refractivity contribution in [1.29, 1.82) is 0 Å². The van der Waals surface area contributed by atoms with Crippen LogP contribution in [0.5, 0.6) is 0 Å². The number of halogens is 2. The van der Waals surface area contributed by atoms with E-state index in [0.29, 0.717) is 38.9 Å². The first-order chi connectivity index (χ1) is 14.6. The zero-order chi connectivity index (χ0) is 20.7. The summed E-state index contributed by atoms with van der Waals surface area (Å²) in [7, 11) is 0. The summed E-state index contributed by atoms with van der Waals surface area (Å²) in [5.74, 6) is 0.656. The third kappa shape index (κ3) is 3.44. The number of pyridine rings is 1. The van der Waals surface area contributed by atoms with Crippen molar-refractivity contribution in [1.82, 2.24) is 34.6 Å². The fraction of sp³-hybridized carbons (Fsp3) is 0.222. The molecule has 2 N–H and O–H groups in total. The molecule has 1 aliphatic rings. The standard InChI is InChI=1S/C18H15Cl2N9O/c19-12-6-11(8-22-17(12)29-23-4-5-24-29)25-18(30)26-13-9-21-15-7-14(20)27-28(15)16(13)10-2-1-3-10/h4-10H,1-3H2,(H2,25,26,30). The number of urea groups is 1. The Hall–Kier alpha value is -3.24. The molecule has 1 fully saturated rings. The summed E-state index contributed by atoms with van der Waals surface area (Å²) in [4.78, 5) is 22.5. The molecule has 0 unspecified atom stereocenters. The lowest BCUT2D eigenvalue weighted by Gasteiger charge is -2.28. The Labute approximate surface area is 180 Å². The second-order valence-corrected chi connectivity index (χ2v) is 7.64. The molecule has 12 heteroatoms. The van der Waals surface area contributed by atoms with E-state index in [0.717, 1.165) is 25.0 Å². The molecule has 4 heterocycles. The van der Waals surface area contributed by atoms with E-state index < -0.39 is 6.03 Å². The van der Waals surface area contributed by atoms with Gasteiger partial charge in [-0.15, -0.1) is 4.80 Å². The van der Waals surface area contributed by atoms with Crippen molar-refractivity contribution < 1.29 is 4.79 Å². The number of amides is 2. The van der Waals surface area contributed by atoms with Crippen LogP contribution < -0.4 is 10.6 Å². The molecule has 1 aliphatic carbocycles. The van der Waals surface area contributed by atoms with E-state index in [2.05, 4.69) is 35.9 Å². The van der Waals surface area contributed by atoms with Crippen molar-refractivity contribution >= 4 is 46.3 Å². The van der Waals surface area contributed by atoms with Gasteiger partial charge in [-0.3, -0.25) is 0 Å². The summed E-state index contributed by atoms with van der Waals surface area (Å²) < 4.78 is 1.70. The molecule has 0 spiro atoms. The number of anilines is 2. The number of hydrogen-bond donors (Lipinski definition) is 2. The number of fused-ring (bicyclic) bond motifs is 1. The van der Waals surface area contributed by atoms with Crippen LogP contribution in [0.15, 0.2) is 36.9 Å². The Bertz CT molecular complexity index is 1230. The number of nitrogens with zero attached hydrogens (tertiary/aromatic N) is 7. The summed E-state index contributed by atoms with van der Waals surface area (Å²) in [5.41, 5.74) is 2.55. The Morgan fingerprint density at radius 2 is 1.87 bits per heavy atom. The minimum Gasteiger partial charge on any atom is -0.306 e. The highest BCUT2D eigenvalue weighted by Gasteiger charge is 2.27. The van der Waals surface area contributed by atoms with Gasteiger partial charge in [-0.05, 0) is 18.9 Å². The van der Waals surface area contributed by atoms with Crippen LogP contribution in [0.2, 0.25) is 10.2 Å². The number of carbonyl (C=O) groups excluding carboxylic acids is 1. The molecule has 0 radical (unpaired) electrons. The zero-order valence-corrected chi connectivity index (χ0v) is 17.0. The van der Waals surface area contributed by atoms with Gasteiger partial charge >= 0.3 is 6.03 Å². The van der Waals surface area contributed by atoms with Crippen LogP contribution in [-0.4, -0.2) is 40.6 Å². The smallest absolute Gasteiger partial charge is 0.306 e. The molecule has 4 aromatic heterocycles. The Kier molecular flexibility index (Phi) is 4.72. The first-order valence-electron chi connectivity index (χ1n) is 9.23. The van der Waals surface area contributed by atoms with E-state index >= 15 is 0 Å². The summed E-state index contributed by atoms with van der Waals surface area (Å²) in [6, 6.07) is 2.82. The zero-order valence-electron chi connectivity index (χ0n) is 15.5. The molecule has 0 aromatic carbocycles. The quantitative estimate of drug-likeness (QED) is 0.493. The van der Waals surface area contributed by atoms with Crippen molar-refractivity contribution in [2.45, 2.75) is 25.2 Å². The molecule has 1 saturated carbocycles. The third-order valence-corrected chi connectivity index (χ3v) is 5.38. The van der Waals surface area contributed by atoms with Crippen molar-refractivity contribution in [2.24, 2.45) is 0 Å². The molecule has 0 saturated heterocycles.